The molecule has 160 valence electrons. The van der Waals surface area contributed by atoms with Gasteiger partial charge in [0, 0.05) is 44.9 Å². The minimum Gasteiger partial charge on any atom is -0.380 e. The Labute approximate surface area is 186 Å². The summed E-state index contributed by atoms with van der Waals surface area (Å²) in [7, 11) is 1.57. The van der Waals surface area contributed by atoms with E-state index in [4.69, 9.17) is 9.73 Å². The zero-order chi connectivity index (χ0) is 19.6. The number of hydrogen-bond acceptors (Lipinski definition) is 3. The van der Waals surface area contributed by atoms with Crippen LogP contribution in [0.25, 0.3) is 0 Å². The first-order chi connectivity index (χ1) is 13.0. The van der Waals surface area contributed by atoms with Gasteiger partial charge in [-0.05, 0) is 43.4 Å². The van der Waals surface area contributed by atoms with Gasteiger partial charge in [0.2, 0.25) is 0 Å². The molecule has 7 heteroatoms. The number of nitrogens with zero attached hydrogens (tertiary/aromatic N) is 2. The lowest BCUT2D eigenvalue weighted by atomic mass is 10.0. The van der Waals surface area contributed by atoms with E-state index in [-0.39, 0.29) is 36.4 Å². The van der Waals surface area contributed by atoms with Crippen LogP contribution in [0.15, 0.2) is 23.2 Å². The van der Waals surface area contributed by atoms with Crippen LogP contribution in [-0.2, 0) is 17.9 Å². The lowest BCUT2D eigenvalue weighted by Crippen LogP contribution is -2.49. The molecule has 0 amide bonds. The molecule has 1 heterocycles. The summed E-state index contributed by atoms with van der Waals surface area (Å²) in [6, 6.07) is 5.55. The fourth-order valence-electron chi connectivity index (χ4n) is 3.45. The number of benzene rings is 1. The fraction of sp³-hybridized carbons (Fsp3) is 0.667. The first kappa shape index (κ1) is 25.1. The maximum absolute atomic E-state index is 13.8. The molecule has 0 atom stereocenters. The molecular weight excluding hydrogens is 470 g/mol. The van der Waals surface area contributed by atoms with E-state index >= 15 is 0 Å². The van der Waals surface area contributed by atoms with E-state index < -0.39 is 0 Å². The van der Waals surface area contributed by atoms with Crippen molar-refractivity contribution in [2.75, 3.05) is 33.3 Å². The van der Waals surface area contributed by atoms with Crippen LogP contribution in [0.4, 0.5) is 4.39 Å². The molecule has 1 aliphatic rings. The minimum atomic E-state index is -0.234. The van der Waals surface area contributed by atoms with Crippen LogP contribution in [-0.4, -0.2) is 50.2 Å². The van der Waals surface area contributed by atoms with Crippen molar-refractivity contribution in [3.63, 3.8) is 0 Å². The third-order valence-electron chi connectivity index (χ3n) is 4.73. The summed E-state index contributed by atoms with van der Waals surface area (Å²) < 4.78 is 18.8. The molecule has 0 saturated carbocycles. The lowest BCUT2D eigenvalue weighted by Gasteiger charge is -2.34. The van der Waals surface area contributed by atoms with Crippen molar-refractivity contribution < 1.29 is 9.13 Å². The molecule has 0 spiro atoms. The number of halogens is 2. The maximum Gasteiger partial charge on any atom is 0.191 e. The standard InChI is InChI=1S/C21H35FN4O.HI/c1-5-23-21(25-19-8-10-26(11-9-19)14-16(2)3)24-13-17-6-7-20(22)18(12-17)15-27-4;/h6-7,12,16,19H,5,8-11,13-15H2,1-4H3,(H2,23,24,25);1H. The molecule has 2 N–H and O–H groups in total. The molecule has 0 unspecified atom stereocenters. The molecule has 0 aliphatic carbocycles. The van der Waals surface area contributed by atoms with Gasteiger partial charge in [0.1, 0.15) is 5.82 Å². The van der Waals surface area contributed by atoms with Crippen LogP contribution in [0.1, 0.15) is 44.7 Å². The number of methoxy groups -OCH3 is 1. The first-order valence-corrected chi connectivity index (χ1v) is 10.0. The van der Waals surface area contributed by atoms with Gasteiger partial charge in [-0.15, -0.1) is 24.0 Å². The Morgan fingerprint density at radius 1 is 1.32 bits per heavy atom. The van der Waals surface area contributed by atoms with E-state index in [1.807, 2.05) is 6.07 Å². The normalized spacial score (nSPS) is 16.1. The number of hydrogen-bond donors (Lipinski definition) is 2. The first-order valence-electron chi connectivity index (χ1n) is 10.0. The predicted molar refractivity (Wildman–Crippen MR) is 125 cm³/mol. The summed E-state index contributed by atoms with van der Waals surface area (Å²) in [4.78, 5) is 7.24. The summed E-state index contributed by atoms with van der Waals surface area (Å²) in [6.45, 7) is 11.7. The van der Waals surface area contributed by atoms with Crippen LogP contribution in [0, 0.1) is 11.7 Å². The van der Waals surface area contributed by atoms with E-state index in [0.29, 0.717) is 24.1 Å². The van der Waals surface area contributed by atoms with Gasteiger partial charge in [0.25, 0.3) is 0 Å². The molecule has 1 saturated heterocycles. The number of aliphatic imine (C=N–C) groups is 1. The van der Waals surface area contributed by atoms with E-state index in [9.17, 15) is 4.39 Å². The fourth-order valence-corrected chi connectivity index (χ4v) is 3.45. The van der Waals surface area contributed by atoms with Crippen molar-refractivity contribution >= 4 is 29.9 Å². The van der Waals surface area contributed by atoms with Gasteiger partial charge in [-0.3, -0.25) is 0 Å². The molecule has 0 radical (unpaired) electrons. The Balaban J connectivity index is 0.00000392. The SMILES string of the molecule is CCNC(=NCc1ccc(F)c(COC)c1)NC1CCN(CC(C)C)CC1.I. The molecule has 0 aromatic heterocycles. The summed E-state index contributed by atoms with van der Waals surface area (Å²) in [6.07, 6.45) is 2.26. The van der Waals surface area contributed by atoms with Crippen molar-refractivity contribution in [3.05, 3.63) is 35.1 Å². The smallest absolute Gasteiger partial charge is 0.191 e. The second-order valence-electron chi connectivity index (χ2n) is 7.67. The summed E-state index contributed by atoms with van der Waals surface area (Å²) in [5.41, 5.74) is 1.55. The Bertz CT molecular complexity index is 604. The monoisotopic (exact) mass is 506 g/mol. The predicted octanol–water partition coefficient (Wildman–Crippen LogP) is 3.77. The number of piperidine rings is 1. The second-order valence-corrected chi connectivity index (χ2v) is 7.67. The molecule has 1 fully saturated rings. The van der Waals surface area contributed by atoms with Gasteiger partial charge in [-0.25, -0.2) is 9.38 Å². The van der Waals surface area contributed by atoms with Crippen molar-refractivity contribution in [1.29, 1.82) is 0 Å². The van der Waals surface area contributed by atoms with E-state index in [0.717, 1.165) is 44.0 Å². The highest BCUT2D eigenvalue weighted by Gasteiger charge is 2.20. The average Bonchev–Trinajstić information content (AvgIpc) is 2.63. The highest BCUT2D eigenvalue weighted by atomic mass is 127. The molecule has 1 aliphatic heterocycles. The molecular formula is C21H36FIN4O. The largest absolute Gasteiger partial charge is 0.380 e. The van der Waals surface area contributed by atoms with Crippen molar-refractivity contribution in [1.82, 2.24) is 15.5 Å². The molecule has 1 aromatic rings. The molecule has 5 nitrogen and oxygen atoms in total. The van der Waals surface area contributed by atoms with Gasteiger partial charge in [-0.1, -0.05) is 19.9 Å². The minimum absolute atomic E-state index is 0. The van der Waals surface area contributed by atoms with Crippen molar-refractivity contribution in [2.24, 2.45) is 10.9 Å². The molecule has 0 bridgehead atoms. The van der Waals surface area contributed by atoms with Gasteiger partial charge in [0.05, 0.1) is 13.2 Å². The highest BCUT2D eigenvalue weighted by molar-refractivity contribution is 14.0. The quantitative estimate of drug-likeness (QED) is 0.320. The molecule has 1 aromatic carbocycles. The number of ether oxygens (including phenoxy) is 1. The highest BCUT2D eigenvalue weighted by Crippen LogP contribution is 2.14. The third kappa shape index (κ3) is 8.61. The Morgan fingerprint density at radius 3 is 2.64 bits per heavy atom. The lowest BCUT2D eigenvalue weighted by molar-refractivity contribution is 0.181. The zero-order valence-electron chi connectivity index (χ0n) is 17.6. The van der Waals surface area contributed by atoms with Crippen LogP contribution < -0.4 is 10.6 Å². The zero-order valence-corrected chi connectivity index (χ0v) is 20.0. The summed E-state index contributed by atoms with van der Waals surface area (Å²) in [5.74, 6) is 1.31. The van der Waals surface area contributed by atoms with Crippen LogP contribution in [0.2, 0.25) is 0 Å². The third-order valence-corrected chi connectivity index (χ3v) is 4.73. The second kappa shape index (κ2) is 13.3. The number of nitrogens with one attached hydrogen (secondary N) is 2. The molecule has 28 heavy (non-hydrogen) atoms. The Kier molecular flexibility index (Phi) is 11.9. The topological polar surface area (TPSA) is 48.9 Å². The van der Waals surface area contributed by atoms with Gasteiger partial charge in [-0.2, -0.15) is 0 Å². The van der Waals surface area contributed by atoms with E-state index in [1.165, 1.54) is 12.6 Å². The van der Waals surface area contributed by atoms with Gasteiger partial charge < -0.3 is 20.3 Å². The number of likely N-dealkylation sites (tertiary alicyclic amines) is 1. The summed E-state index contributed by atoms with van der Waals surface area (Å²) >= 11 is 0. The number of guanidine groups is 1. The maximum atomic E-state index is 13.8. The van der Waals surface area contributed by atoms with Crippen LogP contribution >= 0.6 is 24.0 Å². The van der Waals surface area contributed by atoms with Crippen LogP contribution in [0.3, 0.4) is 0 Å². The average molecular weight is 506 g/mol. The Morgan fingerprint density at radius 2 is 2.04 bits per heavy atom. The number of rotatable bonds is 8. The van der Waals surface area contributed by atoms with E-state index in [2.05, 4.69) is 36.3 Å². The van der Waals surface area contributed by atoms with Gasteiger partial charge >= 0.3 is 0 Å². The molecule has 2 rings (SSSR count). The summed E-state index contributed by atoms with van der Waals surface area (Å²) in [5, 5.41) is 6.89. The van der Waals surface area contributed by atoms with Crippen molar-refractivity contribution in [3.8, 4) is 0 Å². The van der Waals surface area contributed by atoms with E-state index in [1.54, 1.807) is 13.2 Å². The van der Waals surface area contributed by atoms with Crippen LogP contribution in [0.5, 0.6) is 0 Å². The van der Waals surface area contributed by atoms with Gasteiger partial charge in [0.15, 0.2) is 5.96 Å². The Hall–Kier alpha value is -0.930. The van der Waals surface area contributed by atoms with Crippen molar-refractivity contribution in [2.45, 2.75) is 52.8 Å².